The largest absolute Gasteiger partial charge is 0.497 e. The van der Waals surface area contributed by atoms with E-state index in [-0.39, 0.29) is 37.7 Å². The number of benzene rings is 2. The Morgan fingerprint density at radius 2 is 1.81 bits per heavy atom. The Bertz CT molecular complexity index is 1120. The molecule has 1 atom stereocenters. The van der Waals surface area contributed by atoms with Crippen LogP contribution >= 0.6 is 0 Å². The number of likely N-dealkylation sites (N-methyl/N-ethyl adjacent to an activating group) is 1. The second kappa shape index (κ2) is 13.7. The molecule has 0 unspecified atom stereocenters. The lowest BCUT2D eigenvalue weighted by Crippen LogP contribution is -2.48. The predicted molar refractivity (Wildman–Crippen MR) is 141 cm³/mol. The van der Waals surface area contributed by atoms with Crippen molar-refractivity contribution in [2.75, 3.05) is 37.9 Å². The minimum absolute atomic E-state index is 0.0697. The zero-order valence-corrected chi connectivity index (χ0v) is 22.5. The van der Waals surface area contributed by atoms with Crippen molar-refractivity contribution in [1.82, 2.24) is 10.2 Å². The van der Waals surface area contributed by atoms with Gasteiger partial charge in [0.1, 0.15) is 17.5 Å². The van der Waals surface area contributed by atoms with Crippen LogP contribution < -0.4 is 19.1 Å². The summed E-state index contributed by atoms with van der Waals surface area (Å²) in [5.74, 6) is 0.628. The summed E-state index contributed by atoms with van der Waals surface area (Å²) in [5.41, 5.74) is 1.26. The molecule has 0 saturated heterocycles. The van der Waals surface area contributed by atoms with E-state index in [1.54, 1.807) is 43.3 Å². The minimum Gasteiger partial charge on any atom is -0.497 e. The van der Waals surface area contributed by atoms with Crippen molar-refractivity contribution in [3.8, 4) is 11.5 Å². The number of para-hydroxylation sites is 2. The molecule has 198 valence electrons. The van der Waals surface area contributed by atoms with Crippen molar-refractivity contribution < 1.29 is 27.5 Å². The Morgan fingerprint density at radius 3 is 2.42 bits per heavy atom. The first-order chi connectivity index (χ1) is 17.2. The van der Waals surface area contributed by atoms with Gasteiger partial charge in [0.05, 0.1) is 25.7 Å². The first-order valence-corrected chi connectivity index (χ1v) is 13.8. The highest BCUT2D eigenvalue weighted by Crippen LogP contribution is 2.30. The third-order valence-electron chi connectivity index (χ3n) is 5.71. The lowest BCUT2D eigenvalue weighted by molar-refractivity contribution is -0.141. The quantitative estimate of drug-likeness (QED) is 0.411. The molecule has 2 amide bonds. The number of amides is 2. The topological polar surface area (TPSA) is 105 Å². The molecule has 2 aromatic rings. The predicted octanol–water partition coefficient (Wildman–Crippen LogP) is 3.19. The van der Waals surface area contributed by atoms with Crippen LogP contribution in [0.4, 0.5) is 5.69 Å². The van der Waals surface area contributed by atoms with Crippen LogP contribution in [0.2, 0.25) is 0 Å². The average molecular weight is 520 g/mol. The van der Waals surface area contributed by atoms with Crippen molar-refractivity contribution in [2.24, 2.45) is 0 Å². The van der Waals surface area contributed by atoms with Crippen LogP contribution in [0.1, 0.15) is 38.7 Å². The number of carbonyl (C=O) groups is 2. The highest BCUT2D eigenvalue weighted by molar-refractivity contribution is 7.92. The fourth-order valence-electron chi connectivity index (χ4n) is 3.98. The molecule has 0 radical (unpaired) electrons. The van der Waals surface area contributed by atoms with E-state index in [1.165, 1.54) is 4.31 Å². The molecule has 0 aliphatic carbocycles. The summed E-state index contributed by atoms with van der Waals surface area (Å²) >= 11 is 0. The second-order valence-electron chi connectivity index (χ2n) is 8.25. The number of hydrogen-bond acceptors (Lipinski definition) is 6. The van der Waals surface area contributed by atoms with Crippen LogP contribution in [0.15, 0.2) is 48.5 Å². The average Bonchev–Trinajstić information content (AvgIpc) is 2.86. The van der Waals surface area contributed by atoms with Crippen LogP contribution in [-0.4, -0.2) is 64.7 Å². The maximum atomic E-state index is 13.4. The number of sulfonamides is 1. The number of carbonyl (C=O) groups excluding carboxylic acids is 2. The number of hydrogen-bond donors (Lipinski definition) is 1. The van der Waals surface area contributed by atoms with Gasteiger partial charge in [0.15, 0.2) is 0 Å². The van der Waals surface area contributed by atoms with Crippen molar-refractivity contribution in [3.05, 3.63) is 54.1 Å². The Hall–Kier alpha value is -3.27. The van der Waals surface area contributed by atoms with Gasteiger partial charge in [0, 0.05) is 26.6 Å². The molecule has 9 nitrogen and oxygen atoms in total. The molecule has 10 heteroatoms. The summed E-state index contributed by atoms with van der Waals surface area (Å²) < 4.78 is 37.3. The van der Waals surface area contributed by atoms with E-state index < -0.39 is 16.1 Å². The molecule has 0 saturated carbocycles. The molecule has 2 rings (SSSR count). The monoisotopic (exact) mass is 519 g/mol. The number of nitrogens with one attached hydrogen (secondary N) is 1. The van der Waals surface area contributed by atoms with Crippen molar-refractivity contribution in [3.63, 3.8) is 0 Å². The summed E-state index contributed by atoms with van der Waals surface area (Å²) in [7, 11) is -0.512. The van der Waals surface area contributed by atoms with Crippen LogP contribution in [0, 0.1) is 0 Å². The van der Waals surface area contributed by atoms with Gasteiger partial charge in [0.25, 0.3) is 0 Å². The minimum atomic E-state index is -3.62. The maximum Gasteiger partial charge on any atom is 0.242 e. The van der Waals surface area contributed by atoms with E-state index in [0.29, 0.717) is 30.2 Å². The summed E-state index contributed by atoms with van der Waals surface area (Å²) in [5, 5.41) is 2.63. The van der Waals surface area contributed by atoms with Gasteiger partial charge in [-0.05, 0) is 49.6 Å². The molecule has 36 heavy (non-hydrogen) atoms. The van der Waals surface area contributed by atoms with Gasteiger partial charge in [0.2, 0.25) is 21.8 Å². The molecule has 1 N–H and O–H groups in total. The molecule has 0 bridgehead atoms. The Morgan fingerprint density at radius 1 is 1.08 bits per heavy atom. The van der Waals surface area contributed by atoms with E-state index in [1.807, 2.05) is 38.1 Å². The van der Waals surface area contributed by atoms with Gasteiger partial charge >= 0.3 is 0 Å². The van der Waals surface area contributed by atoms with Gasteiger partial charge in [-0.3, -0.25) is 13.9 Å². The number of ether oxygens (including phenoxy) is 2. The highest BCUT2D eigenvalue weighted by Gasteiger charge is 2.28. The highest BCUT2D eigenvalue weighted by atomic mass is 32.2. The van der Waals surface area contributed by atoms with Crippen molar-refractivity contribution >= 4 is 27.5 Å². The molecule has 0 aliphatic rings. The zero-order valence-electron chi connectivity index (χ0n) is 21.7. The van der Waals surface area contributed by atoms with Gasteiger partial charge in [-0.15, -0.1) is 0 Å². The molecule has 0 aromatic heterocycles. The third-order valence-corrected chi connectivity index (χ3v) is 6.89. The summed E-state index contributed by atoms with van der Waals surface area (Å²) in [6, 6.07) is 13.6. The van der Waals surface area contributed by atoms with Crippen LogP contribution in [0.3, 0.4) is 0 Å². The van der Waals surface area contributed by atoms with Crippen molar-refractivity contribution in [2.45, 2.75) is 45.7 Å². The van der Waals surface area contributed by atoms with Gasteiger partial charge < -0.3 is 19.7 Å². The summed E-state index contributed by atoms with van der Waals surface area (Å²) in [4.78, 5) is 27.5. The molecule has 0 fully saturated rings. The maximum absolute atomic E-state index is 13.4. The molecule has 2 aromatic carbocycles. The van der Waals surface area contributed by atoms with Gasteiger partial charge in [-0.25, -0.2) is 8.42 Å². The summed E-state index contributed by atoms with van der Waals surface area (Å²) in [6.07, 6.45) is 1.91. The lowest BCUT2D eigenvalue weighted by atomic mass is 10.1. The molecule has 0 heterocycles. The number of anilines is 1. The Balaban J connectivity index is 2.24. The molecular formula is C26H37N3O6S. The smallest absolute Gasteiger partial charge is 0.242 e. The Kier molecular flexibility index (Phi) is 11.0. The molecule has 0 aliphatic heterocycles. The first kappa shape index (κ1) is 29.0. The van der Waals surface area contributed by atoms with E-state index in [2.05, 4.69) is 5.32 Å². The molecule has 0 spiro atoms. The third kappa shape index (κ3) is 7.87. The van der Waals surface area contributed by atoms with Crippen LogP contribution in [0.5, 0.6) is 11.5 Å². The number of nitrogens with zero attached hydrogens (tertiary/aromatic N) is 2. The normalized spacial score (nSPS) is 11.9. The SMILES string of the molecule is CCOc1ccccc1N(CCCC(=O)N(Cc1cccc(OC)c1)[C@H](CC)C(=O)NC)S(C)(=O)=O. The lowest BCUT2D eigenvalue weighted by Gasteiger charge is -2.31. The fraction of sp³-hybridized carbons (Fsp3) is 0.462. The standard InChI is InChI=1S/C26H37N3O6S/c1-6-22(26(31)27-3)28(19-20-12-10-13-21(18-20)34-4)25(30)16-11-17-29(36(5,32)33)23-14-8-9-15-24(23)35-7-2/h8-10,12-15,18,22H,6-7,11,16-17,19H2,1-5H3,(H,27,31)/t22-/m1/s1. The molecular weight excluding hydrogens is 482 g/mol. The fourth-order valence-corrected chi connectivity index (χ4v) is 4.95. The van der Waals surface area contributed by atoms with E-state index >= 15 is 0 Å². The first-order valence-electron chi connectivity index (χ1n) is 12.0. The number of rotatable bonds is 14. The van der Waals surface area contributed by atoms with Crippen LogP contribution in [0.25, 0.3) is 0 Å². The zero-order chi connectivity index (χ0) is 26.7. The van der Waals surface area contributed by atoms with E-state index in [4.69, 9.17) is 9.47 Å². The van der Waals surface area contributed by atoms with Gasteiger partial charge in [-0.2, -0.15) is 0 Å². The van der Waals surface area contributed by atoms with E-state index in [0.717, 1.165) is 11.8 Å². The van der Waals surface area contributed by atoms with Crippen LogP contribution in [-0.2, 0) is 26.2 Å². The second-order valence-corrected chi connectivity index (χ2v) is 10.2. The van der Waals surface area contributed by atoms with E-state index in [9.17, 15) is 18.0 Å². The summed E-state index contributed by atoms with van der Waals surface area (Å²) in [6.45, 7) is 4.39. The van der Waals surface area contributed by atoms with Crippen molar-refractivity contribution in [1.29, 1.82) is 0 Å². The van der Waals surface area contributed by atoms with Gasteiger partial charge in [-0.1, -0.05) is 31.2 Å². The Labute approximate surface area is 214 Å². The number of methoxy groups -OCH3 is 1.